The molecule has 5 heteroatoms. The molecule has 78 valence electrons. The highest BCUT2D eigenvalue weighted by atomic mass is 32.2. The molecule has 0 bridgehead atoms. The van der Waals surface area contributed by atoms with E-state index in [0.717, 1.165) is 0 Å². The first-order valence-corrected chi connectivity index (χ1v) is 5.52. The van der Waals surface area contributed by atoms with Gasteiger partial charge in [0.1, 0.15) is 0 Å². The lowest BCUT2D eigenvalue weighted by molar-refractivity contribution is -0.129. The van der Waals surface area contributed by atoms with Gasteiger partial charge in [-0.15, -0.1) is 0 Å². The van der Waals surface area contributed by atoms with E-state index < -0.39 is 0 Å². The summed E-state index contributed by atoms with van der Waals surface area (Å²) < 4.78 is 4.86. The molecular formula is C8H17NO3S. The minimum absolute atomic E-state index is 0.00380. The zero-order chi connectivity index (χ0) is 10.1. The Balaban J connectivity index is 3.83. The quantitative estimate of drug-likeness (QED) is 0.629. The molecule has 0 heterocycles. The number of rotatable bonds is 7. The monoisotopic (exact) mass is 207 g/mol. The Kier molecular flexibility index (Phi) is 8.18. The molecule has 0 aromatic rings. The summed E-state index contributed by atoms with van der Waals surface area (Å²) in [6, 6.07) is 0. The molecule has 1 amide bonds. The number of carbonyl (C=O) groups excluding carboxylic acids is 1. The van der Waals surface area contributed by atoms with E-state index in [1.165, 1.54) is 11.8 Å². The molecule has 0 atom stereocenters. The minimum atomic E-state index is 0.00380. The van der Waals surface area contributed by atoms with E-state index in [-0.39, 0.29) is 12.5 Å². The van der Waals surface area contributed by atoms with E-state index in [1.807, 2.05) is 6.26 Å². The normalized spacial score (nSPS) is 10.1. The van der Waals surface area contributed by atoms with Crippen LogP contribution in [0, 0.1) is 0 Å². The number of aliphatic hydroxyl groups excluding tert-OH is 1. The van der Waals surface area contributed by atoms with E-state index in [2.05, 4.69) is 0 Å². The van der Waals surface area contributed by atoms with Gasteiger partial charge in [0.25, 0.3) is 0 Å². The summed E-state index contributed by atoms with van der Waals surface area (Å²) in [6.07, 6.45) is 1.88. The van der Waals surface area contributed by atoms with Crippen LogP contribution in [-0.2, 0) is 9.53 Å². The van der Waals surface area contributed by atoms with Gasteiger partial charge in [0.05, 0.1) is 19.0 Å². The third-order valence-electron chi connectivity index (χ3n) is 1.56. The highest BCUT2D eigenvalue weighted by molar-refractivity contribution is 7.99. The molecule has 0 rings (SSSR count). The topological polar surface area (TPSA) is 49.8 Å². The maximum absolute atomic E-state index is 11.4. The van der Waals surface area contributed by atoms with Crippen LogP contribution in [0.3, 0.4) is 0 Å². The molecule has 0 aromatic carbocycles. The Morgan fingerprint density at radius 2 is 2.23 bits per heavy atom. The predicted octanol–water partition coefficient (Wildman–Crippen LogP) is -0.183. The lowest BCUT2D eigenvalue weighted by Gasteiger charge is -2.20. The van der Waals surface area contributed by atoms with Gasteiger partial charge in [-0.05, 0) is 6.26 Å². The minimum Gasteiger partial charge on any atom is -0.395 e. The summed E-state index contributed by atoms with van der Waals surface area (Å²) in [5.41, 5.74) is 0. The third kappa shape index (κ3) is 5.90. The van der Waals surface area contributed by atoms with Crippen molar-refractivity contribution in [1.29, 1.82) is 0 Å². The first kappa shape index (κ1) is 12.7. The number of methoxy groups -OCH3 is 1. The second-order valence-electron chi connectivity index (χ2n) is 2.53. The van der Waals surface area contributed by atoms with E-state index in [1.54, 1.807) is 12.0 Å². The van der Waals surface area contributed by atoms with Crippen molar-refractivity contribution in [3.05, 3.63) is 0 Å². The highest BCUT2D eigenvalue weighted by Crippen LogP contribution is 1.97. The number of nitrogens with zero attached hydrogens (tertiary/aromatic N) is 1. The van der Waals surface area contributed by atoms with Crippen LogP contribution in [0.25, 0.3) is 0 Å². The number of amides is 1. The van der Waals surface area contributed by atoms with Crippen LogP contribution in [0.4, 0.5) is 0 Å². The van der Waals surface area contributed by atoms with Gasteiger partial charge in [0, 0.05) is 20.2 Å². The summed E-state index contributed by atoms with van der Waals surface area (Å²) in [5.74, 6) is 0.516. The van der Waals surface area contributed by atoms with E-state index in [4.69, 9.17) is 9.84 Å². The Labute approximate surface area is 83.2 Å². The van der Waals surface area contributed by atoms with Gasteiger partial charge < -0.3 is 14.7 Å². The average molecular weight is 207 g/mol. The van der Waals surface area contributed by atoms with Crippen molar-refractivity contribution >= 4 is 17.7 Å². The molecule has 0 aliphatic carbocycles. The van der Waals surface area contributed by atoms with Gasteiger partial charge in [-0.2, -0.15) is 11.8 Å². The molecule has 4 nitrogen and oxygen atoms in total. The van der Waals surface area contributed by atoms with Crippen molar-refractivity contribution in [1.82, 2.24) is 4.90 Å². The second kappa shape index (κ2) is 8.34. The maximum atomic E-state index is 11.4. The van der Waals surface area contributed by atoms with Gasteiger partial charge in [0.2, 0.25) is 5.91 Å². The number of ether oxygens (including phenoxy) is 1. The average Bonchev–Trinajstić information content (AvgIpc) is 2.12. The summed E-state index contributed by atoms with van der Waals surface area (Å²) in [7, 11) is 1.59. The lowest BCUT2D eigenvalue weighted by atomic mass is 10.4. The number of carbonyl (C=O) groups is 1. The predicted molar refractivity (Wildman–Crippen MR) is 53.9 cm³/mol. The summed E-state index contributed by atoms with van der Waals surface area (Å²) in [6.45, 7) is 1.46. The van der Waals surface area contributed by atoms with Gasteiger partial charge >= 0.3 is 0 Å². The number of hydrogen-bond acceptors (Lipinski definition) is 4. The fraction of sp³-hybridized carbons (Fsp3) is 0.875. The van der Waals surface area contributed by atoms with E-state index >= 15 is 0 Å². The van der Waals surface area contributed by atoms with Crippen LogP contribution in [0.5, 0.6) is 0 Å². The Morgan fingerprint density at radius 3 is 2.69 bits per heavy atom. The Hall–Kier alpha value is -0.260. The lowest BCUT2D eigenvalue weighted by Crippen LogP contribution is -2.37. The third-order valence-corrected chi connectivity index (χ3v) is 2.09. The molecule has 13 heavy (non-hydrogen) atoms. The molecule has 0 aromatic heterocycles. The Bertz CT molecular complexity index is 143. The van der Waals surface area contributed by atoms with Crippen LogP contribution in [0.1, 0.15) is 0 Å². The van der Waals surface area contributed by atoms with Crippen molar-refractivity contribution < 1.29 is 14.6 Å². The van der Waals surface area contributed by atoms with Crippen LogP contribution < -0.4 is 0 Å². The molecule has 0 radical (unpaired) electrons. The first-order valence-electron chi connectivity index (χ1n) is 4.12. The SMILES string of the molecule is COCCN(CCO)C(=O)CSC. The molecule has 0 aliphatic rings. The zero-order valence-electron chi connectivity index (χ0n) is 8.15. The highest BCUT2D eigenvalue weighted by Gasteiger charge is 2.10. The van der Waals surface area contributed by atoms with E-state index in [9.17, 15) is 4.79 Å². The van der Waals surface area contributed by atoms with Crippen LogP contribution >= 0.6 is 11.8 Å². The van der Waals surface area contributed by atoms with Gasteiger partial charge in [0.15, 0.2) is 0 Å². The zero-order valence-corrected chi connectivity index (χ0v) is 8.97. The number of aliphatic hydroxyl groups is 1. The van der Waals surface area contributed by atoms with Crippen molar-refractivity contribution in [2.24, 2.45) is 0 Å². The summed E-state index contributed by atoms with van der Waals surface area (Å²) >= 11 is 1.48. The fourth-order valence-corrected chi connectivity index (χ4v) is 1.33. The van der Waals surface area contributed by atoms with Gasteiger partial charge in [-0.1, -0.05) is 0 Å². The number of hydrogen-bond donors (Lipinski definition) is 1. The standard InChI is InChI=1S/C8H17NO3S/c1-12-6-4-9(3-5-10)8(11)7-13-2/h10H,3-7H2,1-2H3. The Morgan fingerprint density at radius 1 is 1.54 bits per heavy atom. The molecule has 0 unspecified atom stereocenters. The summed E-state index contributed by atoms with van der Waals surface area (Å²) in [4.78, 5) is 13.0. The van der Waals surface area contributed by atoms with Crippen molar-refractivity contribution in [2.75, 3.05) is 45.4 Å². The van der Waals surface area contributed by atoms with E-state index in [0.29, 0.717) is 25.4 Å². The van der Waals surface area contributed by atoms with Crippen LogP contribution in [0.15, 0.2) is 0 Å². The largest absolute Gasteiger partial charge is 0.395 e. The van der Waals surface area contributed by atoms with Crippen molar-refractivity contribution in [3.8, 4) is 0 Å². The van der Waals surface area contributed by atoms with Crippen molar-refractivity contribution in [2.45, 2.75) is 0 Å². The molecule has 1 N–H and O–H groups in total. The first-order chi connectivity index (χ1) is 6.26. The molecule has 0 spiro atoms. The molecule has 0 aliphatic heterocycles. The smallest absolute Gasteiger partial charge is 0.232 e. The van der Waals surface area contributed by atoms with Crippen LogP contribution in [0.2, 0.25) is 0 Å². The molecule has 0 saturated carbocycles. The summed E-state index contributed by atoms with van der Waals surface area (Å²) in [5, 5.41) is 8.71. The fourth-order valence-electron chi connectivity index (χ4n) is 0.898. The molecule has 0 fully saturated rings. The van der Waals surface area contributed by atoms with Gasteiger partial charge in [-0.3, -0.25) is 4.79 Å². The molecular weight excluding hydrogens is 190 g/mol. The van der Waals surface area contributed by atoms with Crippen LogP contribution in [-0.4, -0.2) is 61.3 Å². The maximum Gasteiger partial charge on any atom is 0.232 e. The number of thioether (sulfide) groups is 1. The van der Waals surface area contributed by atoms with Gasteiger partial charge in [-0.25, -0.2) is 0 Å². The molecule has 0 saturated heterocycles. The van der Waals surface area contributed by atoms with Crippen molar-refractivity contribution in [3.63, 3.8) is 0 Å². The second-order valence-corrected chi connectivity index (χ2v) is 3.40.